The fraction of sp³-hybridized carbons (Fsp3) is 0.591. The lowest BCUT2D eigenvalue weighted by Crippen LogP contribution is -2.51. The largest absolute Gasteiger partial charge is 0.458 e. The molecule has 0 bridgehead atoms. The lowest BCUT2D eigenvalue weighted by atomic mass is 10.0. The minimum atomic E-state index is -0.680. The van der Waals surface area contributed by atoms with Crippen molar-refractivity contribution in [3.63, 3.8) is 0 Å². The van der Waals surface area contributed by atoms with Crippen LogP contribution in [0.15, 0.2) is 30.3 Å². The molecule has 29 heavy (non-hydrogen) atoms. The summed E-state index contributed by atoms with van der Waals surface area (Å²) in [6.45, 7) is 9.69. The monoisotopic (exact) mass is 404 g/mol. The van der Waals surface area contributed by atoms with Crippen LogP contribution in [0.5, 0.6) is 0 Å². The second-order valence-corrected chi connectivity index (χ2v) is 8.71. The predicted octanol–water partition coefficient (Wildman–Crippen LogP) is 3.22. The third-order valence-corrected chi connectivity index (χ3v) is 4.79. The number of benzene rings is 1. The van der Waals surface area contributed by atoms with Crippen molar-refractivity contribution in [1.82, 2.24) is 9.80 Å². The molecule has 0 aliphatic carbocycles. The molecule has 7 nitrogen and oxygen atoms in total. The number of esters is 1. The molecule has 1 fully saturated rings. The van der Waals surface area contributed by atoms with Gasteiger partial charge in [-0.3, -0.25) is 9.69 Å². The quantitative estimate of drug-likeness (QED) is 0.681. The number of amides is 2. The summed E-state index contributed by atoms with van der Waals surface area (Å²) >= 11 is 0. The van der Waals surface area contributed by atoms with Crippen LogP contribution < -0.4 is 0 Å². The number of likely N-dealkylation sites (N-methyl/N-ethyl adjacent to an activating group) is 1. The summed E-state index contributed by atoms with van der Waals surface area (Å²) in [5.74, 6) is -0.785. The molecule has 0 radical (unpaired) electrons. The summed E-state index contributed by atoms with van der Waals surface area (Å²) in [6, 6.07) is 8.02. The maximum absolute atomic E-state index is 13.0. The molecule has 1 heterocycles. The van der Waals surface area contributed by atoms with Gasteiger partial charge in [0.1, 0.15) is 24.3 Å². The van der Waals surface area contributed by atoms with Crippen LogP contribution in [-0.2, 0) is 25.7 Å². The van der Waals surface area contributed by atoms with Crippen LogP contribution in [0.2, 0.25) is 0 Å². The lowest BCUT2D eigenvalue weighted by molar-refractivity contribution is -0.166. The normalized spacial score (nSPS) is 18.0. The molecule has 1 saturated heterocycles. The van der Waals surface area contributed by atoms with Crippen molar-refractivity contribution in [3.05, 3.63) is 35.9 Å². The van der Waals surface area contributed by atoms with Gasteiger partial charge in [0, 0.05) is 13.6 Å². The molecule has 160 valence electrons. The molecule has 0 aromatic heterocycles. The first-order valence-electron chi connectivity index (χ1n) is 9.98. The van der Waals surface area contributed by atoms with E-state index in [0.717, 1.165) is 5.56 Å². The van der Waals surface area contributed by atoms with Gasteiger partial charge in [0.05, 0.1) is 0 Å². The molecular weight excluding hydrogens is 372 g/mol. The van der Waals surface area contributed by atoms with E-state index in [9.17, 15) is 14.4 Å². The number of hydrogen-bond donors (Lipinski definition) is 0. The Bertz CT molecular complexity index is 726. The van der Waals surface area contributed by atoms with Crippen molar-refractivity contribution in [3.8, 4) is 0 Å². The summed E-state index contributed by atoms with van der Waals surface area (Å²) in [5.41, 5.74) is 0.239. The van der Waals surface area contributed by atoms with Gasteiger partial charge in [-0.15, -0.1) is 0 Å². The molecule has 2 atom stereocenters. The Labute approximate surface area is 172 Å². The summed E-state index contributed by atoms with van der Waals surface area (Å²) in [5, 5.41) is 0. The second kappa shape index (κ2) is 9.29. The number of carbonyl (C=O) groups is 3. The molecule has 0 unspecified atom stereocenters. The van der Waals surface area contributed by atoms with E-state index in [0.29, 0.717) is 13.0 Å². The van der Waals surface area contributed by atoms with Gasteiger partial charge >= 0.3 is 12.1 Å². The van der Waals surface area contributed by atoms with Gasteiger partial charge in [-0.05, 0) is 38.7 Å². The van der Waals surface area contributed by atoms with E-state index in [1.165, 1.54) is 9.80 Å². The van der Waals surface area contributed by atoms with E-state index < -0.39 is 29.7 Å². The van der Waals surface area contributed by atoms with Crippen molar-refractivity contribution in [2.75, 3.05) is 13.6 Å². The van der Waals surface area contributed by atoms with Gasteiger partial charge in [-0.25, -0.2) is 9.59 Å². The topological polar surface area (TPSA) is 76.2 Å². The zero-order valence-electron chi connectivity index (χ0n) is 18.2. The zero-order valence-corrected chi connectivity index (χ0v) is 18.2. The van der Waals surface area contributed by atoms with Crippen molar-refractivity contribution < 1.29 is 23.9 Å². The molecule has 1 aromatic carbocycles. The summed E-state index contributed by atoms with van der Waals surface area (Å²) in [7, 11) is 1.55. The van der Waals surface area contributed by atoms with Crippen molar-refractivity contribution in [2.45, 2.75) is 65.3 Å². The van der Waals surface area contributed by atoms with E-state index in [1.807, 2.05) is 44.2 Å². The van der Waals surface area contributed by atoms with E-state index in [-0.39, 0.29) is 18.4 Å². The van der Waals surface area contributed by atoms with Gasteiger partial charge in [0.2, 0.25) is 5.91 Å². The first-order chi connectivity index (χ1) is 13.5. The Balaban J connectivity index is 2.02. The van der Waals surface area contributed by atoms with Gasteiger partial charge < -0.3 is 14.4 Å². The van der Waals surface area contributed by atoms with Crippen molar-refractivity contribution >= 4 is 18.0 Å². The third-order valence-electron chi connectivity index (χ3n) is 4.79. The van der Waals surface area contributed by atoms with Crippen LogP contribution in [0.3, 0.4) is 0 Å². The average Bonchev–Trinajstić information content (AvgIpc) is 2.99. The lowest BCUT2D eigenvalue weighted by Gasteiger charge is -2.32. The standard InChI is InChI=1S/C22H32N2O5/c1-15(2)18(20(26)29-22(3,4)5)24-13-12-17(19(24)25)23(6)21(27)28-14-16-10-8-7-9-11-16/h7-11,15,17-18H,12-14H2,1-6H3/t17-,18-/m1/s1. The first-order valence-corrected chi connectivity index (χ1v) is 9.98. The molecule has 2 rings (SSSR count). The van der Waals surface area contributed by atoms with Crippen LogP contribution in [0.25, 0.3) is 0 Å². The minimum Gasteiger partial charge on any atom is -0.458 e. The van der Waals surface area contributed by atoms with E-state index in [2.05, 4.69) is 0 Å². The molecular formula is C22H32N2O5. The predicted molar refractivity (Wildman–Crippen MR) is 109 cm³/mol. The van der Waals surface area contributed by atoms with Crippen LogP contribution in [0, 0.1) is 5.92 Å². The van der Waals surface area contributed by atoms with E-state index in [4.69, 9.17) is 9.47 Å². The molecule has 1 aliphatic heterocycles. The van der Waals surface area contributed by atoms with E-state index >= 15 is 0 Å². The van der Waals surface area contributed by atoms with Gasteiger partial charge in [-0.1, -0.05) is 44.2 Å². The summed E-state index contributed by atoms with van der Waals surface area (Å²) in [6.07, 6.45) is -0.116. The first kappa shape index (κ1) is 22.7. The summed E-state index contributed by atoms with van der Waals surface area (Å²) in [4.78, 5) is 41.0. The van der Waals surface area contributed by atoms with Gasteiger partial charge in [-0.2, -0.15) is 0 Å². The number of rotatable bonds is 6. The van der Waals surface area contributed by atoms with Crippen LogP contribution in [0.4, 0.5) is 4.79 Å². The minimum absolute atomic E-state index is 0.108. The van der Waals surface area contributed by atoms with Crippen LogP contribution >= 0.6 is 0 Å². The highest BCUT2D eigenvalue weighted by Gasteiger charge is 2.44. The number of likely N-dealkylation sites (tertiary alicyclic amines) is 1. The maximum Gasteiger partial charge on any atom is 0.410 e. The Hall–Kier alpha value is -2.57. The highest BCUT2D eigenvalue weighted by atomic mass is 16.6. The molecule has 2 amide bonds. The van der Waals surface area contributed by atoms with Crippen LogP contribution in [-0.4, -0.2) is 59.0 Å². The molecule has 1 aromatic rings. The number of carbonyl (C=O) groups excluding carboxylic acids is 3. The fourth-order valence-corrected chi connectivity index (χ4v) is 3.39. The van der Waals surface area contributed by atoms with E-state index in [1.54, 1.807) is 27.8 Å². The second-order valence-electron chi connectivity index (χ2n) is 8.71. The Morgan fingerprint density at radius 1 is 1.21 bits per heavy atom. The Kier molecular flexibility index (Phi) is 7.27. The average molecular weight is 405 g/mol. The van der Waals surface area contributed by atoms with Crippen molar-refractivity contribution in [1.29, 1.82) is 0 Å². The van der Waals surface area contributed by atoms with Gasteiger partial charge in [0.25, 0.3) is 0 Å². The van der Waals surface area contributed by atoms with Gasteiger partial charge in [0.15, 0.2) is 0 Å². The molecule has 0 N–H and O–H groups in total. The maximum atomic E-state index is 13.0. The molecule has 7 heteroatoms. The molecule has 1 aliphatic rings. The number of hydrogen-bond acceptors (Lipinski definition) is 5. The smallest absolute Gasteiger partial charge is 0.410 e. The van der Waals surface area contributed by atoms with Crippen molar-refractivity contribution in [2.24, 2.45) is 5.92 Å². The highest BCUT2D eigenvalue weighted by molar-refractivity contribution is 5.91. The van der Waals surface area contributed by atoms with Crippen LogP contribution in [0.1, 0.15) is 46.6 Å². The molecule has 0 spiro atoms. The zero-order chi connectivity index (χ0) is 21.8. The number of ether oxygens (including phenoxy) is 2. The highest BCUT2D eigenvalue weighted by Crippen LogP contribution is 2.25. The Morgan fingerprint density at radius 3 is 2.38 bits per heavy atom. The Morgan fingerprint density at radius 2 is 1.83 bits per heavy atom. The SMILES string of the molecule is CC(C)[C@H](C(=O)OC(C)(C)C)N1CC[C@@H](N(C)C(=O)OCc2ccccc2)C1=O. The summed E-state index contributed by atoms with van der Waals surface area (Å²) < 4.78 is 10.8. The fourth-order valence-electron chi connectivity index (χ4n) is 3.39. The third kappa shape index (κ3) is 5.95. The number of nitrogens with zero attached hydrogens (tertiary/aromatic N) is 2. The molecule has 0 saturated carbocycles.